The van der Waals surface area contributed by atoms with Gasteiger partial charge in [0.05, 0.1) is 35.1 Å². The minimum atomic E-state index is 0.514. The van der Waals surface area contributed by atoms with Gasteiger partial charge in [-0.2, -0.15) is 10.2 Å². The Morgan fingerprint density at radius 3 is 2.81 bits per heavy atom. The van der Waals surface area contributed by atoms with E-state index < -0.39 is 0 Å². The molecule has 3 aromatic rings. The van der Waals surface area contributed by atoms with Crippen molar-refractivity contribution >= 4 is 50.5 Å². The van der Waals surface area contributed by atoms with Crippen LogP contribution in [0, 0.1) is 0 Å². The quantitative estimate of drug-likeness (QED) is 0.551. The van der Waals surface area contributed by atoms with Crippen LogP contribution in [0.2, 0.25) is 5.02 Å². The summed E-state index contributed by atoms with van der Waals surface area (Å²) in [6, 6.07) is 7.72. The van der Waals surface area contributed by atoms with Crippen molar-refractivity contribution in [2.24, 2.45) is 0 Å². The molecule has 2 aromatic heterocycles. The first-order chi connectivity index (χ1) is 12.5. The van der Waals surface area contributed by atoms with Crippen molar-refractivity contribution in [3.8, 4) is 0 Å². The van der Waals surface area contributed by atoms with Crippen molar-refractivity contribution in [2.45, 2.75) is 26.6 Å². The van der Waals surface area contributed by atoms with Crippen LogP contribution in [0.3, 0.4) is 0 Å². The lowest BCUT2D eigenvalue weighted by Crippen LogP contribution is -2.28. The van der Waals surface area contributed by atoms with Gasteiger partial charge < -0.3 is 10.6 Å². The summed E-state index contributed by atoms with van der Waals surface area (Å²) in [6.45, 7) is 4.01. The van der Waals surface area contributed by atoms with E-state index in [-0.39, 0.29) is 0 Å². The summed E-state index contributed by atoms with van der Waals surface area (Å²) in [5.41, 5.74) is 2.74. The van der Waals surface area contributed by atoms with Gasteiger partial charge in [0.15, 0.2) is 5.11 Å². The highest BCUT2D eigenvalue weighted by atomic mass is 79.9. The van der Waals surface area contributed by atoms with E-state index in [2.05, 4.69) is 36.8 Å². The average molecular weight is 454 g/mol. The van der Waals surface area contributed by atoms with E-state index >= 15 is 0 Å². The Balaban J connectivity index is 1.54. The van der Waals surface area contributed by atoms with Crippen molar-refractivity contribution in [3.63, 3.8) is 0 Å². The Hall–Kier alpha value is -1.90. The molecular weight excluding hydrogens is 436 g/mol. The molecule has 0 aliphatic heterocycles. The first-order valence-corrected chi connectivity index (χ1v) is 9.65. The zero-order valence-corrected chi connectivity index (χ0v) is 17.3. The van der Waals surface area contributed by atoms with E-state index in [0.29, 0.717) is 18.2 Å². The van der Waals surface area contributed by atoms with Crippen molar-refractivity contribution in [3.05, 3.63) is 63.6 Å². The largest absolute Gasteiger partial charge is 0.357 e. The van der Waals surface area contributed by atoms with Gasteiger partial charge in [0.2, 0.25) is 0 Å². The van der Waals surface area contributed by atoms with Crippen LogP contribution in [0.25, 0.3) is 0 Å². The molecule has 0 atom stereocenters. The van der Waals surface area contributed by atoms with Gasteiger partial charge in [-0.05, 0) is 46.7 Å². The summed E-state index contributed by atoms with van der Waals surface area (Å²) in [7, 11) is 0. The van der Waals surface area contributed by atoms with E-state index in [0.717, 1.165) is 33.0 Å². The third kappa shape index (κ3) is 4.84. The number of rotatable bonds is 6. The average Bonchev–Trinajstić information content (AvgIpc) is 3.21. The number of anilines is 1. The maximum Gasteiger partial charge on any atom is 0.171 e. The SMILES string of the molecule is CCn1cc(Br)c(CNC(=S)Nc2cnn(Cc3ccccc3Cl)c2)n1. The second kappa shape index (κ2) is 8.66. The summed E-state index contributed by atoms with van der Waals surface area (Å²) < 4.78 is 4.64. The van der Waals surface area contributed by atoms with Gasteiger partial charge in [-0.25, -0.2) is 0 Å². The second-order valence-electron chi connectivity index (χ2n) is 5.61. The van der Waals surface area contributed by atoms with Crippen LogP contribution in [0.15, 0.2) is 47.3 Å². The van der Waals surface area contributed by atoms with Crippen molar-refractivity contribution in [2.75, 3.05) is 5.32 Å². The molecule has 6 nitrogen and oxygen atoms in total. The van der Waals surface area contributed by atoms with Gasteiger partial charge in [-0.15, -0.1) is 0 Å². The molecule has 3 rings (SSSR count). The molecule has 2 N–H and O–H groups in total. The molecule has 0 amide bonds. The molecule has 0 aliphatic carbocycles. The zero-order valence-electron chi connectivity index (χ0n) is 14.1. The predicted molar refractivity (Wildman–Crippen MR) is 111 cm³/mol. The lowest BCUT2D eigenvalue weighted by molar-refractivity contribution is 0.643. The van der Waals surface area contributed by atoms with Crippen LogP contribution in [0.1, 0.15) is 18.2 Å². The van der Waals surface area contributed by atoms with Gasteiger partial charge in [0.25, 0.3) is 0 Å². The number of nitrogens with zero attached hydrogens (tertiary/aromatic N) is 4. The fourth-order valence-electron chi connectivity index (χ4n) is 2.37. The standard InChI is InChI=1S/C17H18BrClN6S/c1-2-24-11-14(18)16(23-24)8-20-17(26)22-13-7-21-25(10-13)9-12-5-3-4-6-15(12)19/h3-7,10-11H,2,8-9H2,1H3,(H2,20,22,26). The number of aromatic nitrogens is 4. The third-order valence-electron chi connectivity index (χ3n) is 3.71. The Morgan fingerprint density at radius 1 is 1.27 bits per heavy atom. The molecule has 136 valence electrons. The molecule has 2 heterocycles. The number of hydrogen-bond donors (Lipinski definition) is 2. The molecule has 0 saturated carbocycles. The van der Waals surface area contributed by atoms with Crippen LogP contribution in [-0.2, 0) is 19.6 Å². The number of aryl methyl sites for hydroxylation is 1. The van der Waals surface area contributed by atoms with Gasteiger partial charge in [-0.3, -0.25) is 9.36 Å². The van der Waals surface area contributed by atoms with E-state index in [1.165, 1.54) is 0 Å². The number of benzene rings is 1. The summed E-state index contributed by atoms with van der Waals surface area (Å²) in [4.78, 5) is 0. The van der Waals surface area contributed by atoms with Crippen LogP contribution in [0.4, 0.5) is 5.69 Å². The molecule has 0 aliphatic rings. The minimum absolute atomic E-state index is 0.514. The Bertz CT molecular complexity index is 906. The smallest absolute Gasteiger partial charge is 0.171 e. The molecule has 0 bridgehead atoms. The van der Waals surface area contributed by atoms with Gasteiger partial charge in [-0.1, -0.05) is 29.8 Å². The van der Waals surface area contributed by atoms with Crippen LogP contribution < -0.4 is 10.6 Å². The highest BCUT2D eigenvalue weighted by Gasteiger charge is 2.08. The van der Waals surface area contributed by atoms with Crippen molar-refractivity contribution in [1.29, 1.82) is 0 Å². The fourth-order valence-corrected chi connectivity index (χ4v) is 3.22. The maximum atomic E-state index is 6.19. The summed E-state index contributed by atoms with van der Waals surface area (Å²) in [5.74, 6) is 0. The summed E-state index contributed by atoms with van der Waals surface area (Å²) >= 11 is 15.0. The van der Waals surface area contributed by atoms with E-state index in [1.807, 2.05) is 52.9 Å². The zero-order chi connectivity index (χ0) is 18.5. The lowest BCUT2D eigenvalue weighted by atomic mass is 10.2. The molecule has 0 saturated heterocycles. The lowest BCUT2D eigenvalue weighted by Gasteiger charge is -2.08. The normalized spacial score (nSPS) is 10.7. The molecule has 0 spiro atoms. The van der Waals surface area contributed by atoms with Crippen molar-refractivity contribution < 1.29 is 0 Å². The van der Waals surface area contributed by atoms with E-state index in [1.54, 1.807) is 6.20 Å². The van der Waals surface area contributed by atoms with Crippen molar-refractivity contribution in [1.82, 2.24) is 24.9 Å². The molecule has 26 heavy (non-hydrogen) atoms. The Morgan fingerprint density at radius 2 is 2.08 bits per heavy atom. The number of hydrogen-bond acceptors (Lipinski definition) is 3. The first-order valence-electron chi connectivity index (χ1n) is 8.07. The monoisotopic (exact) mass is 452 g/mol. The molecular formula is C17H18BrClN6S. The van der Waals surface area contributed by atoms with Gasteiger partial charge in [0.1, 0.15) is 0 Å². The summed E-state index contributed by atoms with van der Waals surface area (Å²) in [5, 5.41) is 16.3. The fraction of sp³-hybridized carbons (Fsp3) is 0.235. The topological polar surface area (TPSA) is 59.7 Å². The molecule has 0 radical (unpaired) electrons. The molecule has 1 aromatic carbocycles. The van der Waals surface area contributed by atoms with Gasteiger partial charge >= 0.3 is 0 Å². The Labute approximate surface area is 170 Å². The number of nitrogens with one attached hydrogen (secondary N) is 2. The molecule has 9 heteroatoms. The van der Waals surface area contributed by atoms with E-state index in [4.69, 9.17) is 23.8 Å². The third-order valence-corrected chi connectivity index (χ3v) is 4.99. The Kier molecular flexibility index (Phi) is 6.29. The highest BCUT2D eigenvalue weighted by molar-refractivity contribution is 9.10. The van der Waals surface area contributed by atoms with Crippen LogP contribution in [-0.4, -0.2) is 24.7 Å². The first kappa shape index (κ1) is 18.9. The molecule has 0 unspecified atom stereocenters. The maximum absolute atomic E-state index is 6.19. The second-order valence-corrected chi connectivity index (χ2v) is 7.27. The number of thiocarbonyl (C=S) groups is 1. The van der Waals surface area contributed by atoms with Gasteiger partial charge in [0, 0.05) is 24.0 Å². The number of halogens is 2. The minimum Gasteiger partial charge on any atom is -0.357 e. The van der Waals surface area contributed by atoms with Crippen LogP contribution >= 0.6 is 39.7 Å². The molecule has 0 fully saturated rings. The summed E-state index contributed by atoms with van der Waals surface area (Å²) in [6.07, 6.45) is 5.57. The van der Waals surface area contributed by atoms with E-state index in [9.17, 15) is 0 Å². The predicted octanol–water partition coefficient (Wildman–Crippen LogP) is 4.05. The highest BCUT2D eigenvalue weighted by Crippen LogP contribution is 2.17. The van der Waals surface area contributed by atoms with Crippen LogP contribution in [0.5, 0.6) is 0 Å².